The van der Waals surface area contributed by atoms with Crippen LogP contribution in [0.2, 0.25) is 0 Å². The zero-order valence-electron chi connectivity index (χ0n) is 16.3. The average Bonchev–Trinajstić information content (AvgIpc) is 2.64. The number of benzene rings is 2. The largest absolute Gasteiger partial charge is 0.507 e. The highest BCUT2D eigenvalue weighted by molar-refractivity contribution is 5.75. The van der Waals surface area contributed by atoms with Gasteiger partial charge in [0.25, 0.3) is 0 Å². The molecule has 0 spiro atoms. The lowest BCUT2D eigenvalue weighted by atomic mass is 9.97. The van der Waals surface area contributed by atoms with E-state index in [2.05, 4.69) is 10.1 Å². The Labute approximate surface area is 166 Å². The Balaban J connectivity index is 2.42. The highest BCUT2D eigenvalue weighted by atomic mass is 19.4. The fourth-order valence-corrected chi connectivity index (χ4v) is 3.06. The van der Waals surface area contributed by atoms with Gasteiger partial charge < -0.3 is 9.84 Å². The molecule has 0 aliphatic heterocycles. The Hall–Kier alpha value is -2.61. The van der Waals surface area contributed by atoms with Crippen molar-refractivity contribution in [2.45, 2.75) is 38.5 Å². The lowest BCUT2D eigenvalue weighted by Crippen LogP contribution is -2.45. The predicted octanol–water partition coefficient (Wildman–Crippen LogP) is 4.98. The minimum atomic E-state index is -4.77. The molecule has 8 heteroatoms. The maximum Gasteiger partial charge on any atom is 0.407 e. The SMILES string of the molecule is COC(=O)[C@H](CC(C)C)NC(c1ccc(-c2ccccc2O)c(F)c1)C(F)(F)F. The maximum atomic E-state index is 14.6. The van der Waals surface area contributed by atoms with E-state index in [-0.39, 0.29) is 34.8 Å². The Morgan fingerprint density at radius 1 is 1.14 bits per heavy atom. The van der Waals surface area contributed by atoms with Crippen molar-refractivity contribution in [1.29, 1.82) is 0 Å². The number of esters is 1. The summed E-state index contributed by atoms with van der Waals surface area (Å²) in [4.78, 5) is 11.9. The summed E-state index contributed by atoms with van der Waals surface area (Å²) < 4.78 is 60.4. The molecule has 158 valence electrons. The van der Waals surface area contributed by atoms with Crippen molar-refractivity contribution in [3.05, 3.63) is 53.8 Å². The van der Waals surface area contributed by atoms with Gasteiger partial charge in [-0.15, -0.1) is 0 Å². The van der Waals surface area contributed by atoms with Crippen LogP contribution in [0.5, 0.6) is 5.75 Å². The fraction of sp³-hybridized carbons (Fsp3) is 0.381. The van der Waals surface area contributed by atoms with Crippen LogP contribution >= 0.6 is 0 Å². The summed E-state index contributed by atoms with van der Waals surface area (Å²) in [7, 11) is 1.10. The summed E-state index contributed by atoms with van der Waals surface area (Å²) >= 11 is 0. The lowest BCUT2D eigenvalue weighted by molar-refractivity contribution is -0.164. The molecule has 0 saturated carbocycles. The molecule has 2 N–H and O–H groups in total. The van der Waals surface area contributed by atoms with E-state index in [1.807, 2.05) is 0 Å². The van der Waals surface area contributed by atoms with Gasteiger partial charge in [-0.1, -0.05) is 44.2 Å². The Bertz CT molecular complexity index is 852. The third-order valence-electron chi connectivity index (χ3n) is 4.41. The predicted molar refractivity (Wildman–Crippen MR) is 101 cm³/mol. The van der Waals surface area contributed by atoms with Gasteiger partial charge in [0.15, 0.2) is 0 Å². The quantitative estimate of drug-likeness (QED) is 0.497. The number of rotatable bonds is 7. The van der Waals surface area contributed by atoms with Crippen molar-refractivity contribution in [3.8, 4) is 16.9 Å². The minimum Gasteiger partial charge on any atom is -0.507 e. The first-order valence-electron chi connectivity index (χ1n) is 9.03. The molecule has 4 nitrogen and oxygen atoms in total. The maximum absolute atomic E-state index is 14.6. The highest BCUT2D eigenvalue weighted by Gasteiger charge is 2.43. The summed E-state index contributed by atoms with van der Waals surface area (Å²) in [6.45, 7) is 3.53. The van der Waals surface area contributed by atoms with Crippen molar-refractivity contribution < 1.29 is 32.2 Å². The van der Waals surface area contributed by atoms with Gasteiger partial charge in [-0.2, -0.15) is 13.2 Å². The van der Waals surface area contributed by atoms with Crippen LogP contribution in [-0.2, 0) is 9.53 Å². The molecule has 0 aliphatic rings. The molecule has 0 saturated heterocycles. The second kappa shape index (κ2) is 9.26. The van der Waals surface area contributed by atoms with Crippen LogP contribution in [0.4, 0.5) is 17.6 Å². The van der Waals surface area contributed by atoms with Gasteiger partial charge in [-0.3, -0.25) is 10.1 Å². The molecule has 0 aliphatic carbocycles. The number of methoxy groups -OCH3 is 1. The van der Waals surface area contributed by atoms with E-state index in [4.69, 9.17) is 0 Å². The monoisotopic (exact) mass is 413 g/mol. The number of carbonyl (C=O) groups is 1. The third kappa shape index (κ3) is 5.69. The van der Waals surface area contributed by atoms with Gasteiger partial charge in [-0.25, -0.2) is 4.39 Å². The molecule has 0 amide bonds. The number of phenolic OH excluding ortho intramolecular Hbond substituents is 1. The molecule has 2 aromatic carbocycles. The highest BCUT2D eigenvalue weighted by Crippen LogP contribution is 2.37. The smallest absolute Gasteiger partial charge is 0.407 e. The van der Waals surface area contributed by atoms with E-state index in [0.29, 0.717) is 0 Å². The number of hydrogen-bond donors (Lipinski definition) is 2. The second-order valence-electron chi connectivity index (χ2n) is 7.10. The van der Waals surface area contributed by atoms with Crippen LogP contribution in [0.1, 0.15) is 31.9 Å². The number of para-hydroxylation sites is 1. The number of halogens is 4. The zero-order chi connectivity index (χ0) is 21.8. The van der Waals surface area contributed by atoms with E-state index in [1.54, 1.807) is 26.0 Å². The van der Waals surface area contributed by atoms with Crippen molar-refractivity contribution >= 4 is 5.97 Å². The van der Waals surface area contributed by atoms with E-state index >= 15 is 0 Å². The standard InChI is InChI=1S/C21H23F4NO3/c1-12(2)10-17(20(28)29-3)26-19(21(23,24)25)13-8-9-14(16(22)11-13)15-6-4-5-7-18(15)27/h4-9,11-12,17,19,26-27H,10H2,1-3H3/t17-,19?/m0/s1. The number of phenols is 1. The number of alkyl halides is 3. The molecule has 1 unspecified atom stereocenters. The summed E-state index contributed by atoms with van der Waals surface area (Å²) in [6, 6.07) is 5.54. The van der Waals surface area contributed by atoms with Gasteiger partial charge >= 0.3 is 12.1 Å². The fourth-order valence-electron chi connectivity index (χ4n) is 3.06. The van der Waals surface area contributed by atoms with Crippen LogP contribution in [0.25, 0.3) is 11.1 Å². The van der Waals surface area contributed by atoms with Gasteiger partial charge in [0, 0.05) is 11.1 Å². The van der Waals surface area contributed by atoms with Crippen LogP contribution in [-0.4, -0.2) is 30.4 Å². The summed E-state index contributed by atoms with van der Waals surface area (Å²) in [5.41, 5.74) is -0.244. The normalized spacial score (nSPS) is 13.9. The Kier molecular flexibility index (Phi) is 7.24. The average molecular weight is 413 g/mol. The molecule has 2 aromatic rings. The molecule has 0 aromatic heterocycles. The van der Waals surface area contributed by atoms with E-state index in [0.717, 1.165) is 19.2 Å². The summed E-state index contributed by atoms with van der Waals surface area (Å²) in [5.74, 6) is -1.99. The minimum absolute atomic E-state index is 0.0283. The van der Waals surface area contributed by atoms with Gasteiger partial charge in [0.1, 0.15) is 23.7 Å². The number of ether oxygens (including phenoxy) is 1. The van der Waals surface area contributed by atoms with Crippen LogP contribution in [0.15, 0.2) is 42.5 Å². The summed E-state index contributed by atoms with van der Waals surface area (Å²) in [6.07, 6.45) is -4.65. The van der Waals surface area contributed by atoms with E-state index < -0.39 is 30.0 Å². The molecule has 2 atom stereocenters. The molecule has 2 rings (SSSR count). The van der Waals surface area contributed by atoms with Crippen LogP contribution < -0.4 is 5.32 Å². The van der Waals surface area contributed by atoms with E-state index in [1.165, 1.54) is 18.2 Å². The third-order valence-corrected chi connectivity index (χ3v) is 4.41. The molecule has 0 radical (unpaired) electrons. The van der Waals surface area contributed by atoms with Crippen LogP contribution in [0.3, 0.4) is 0 Å². The van der Waals surface area contributed by atoms with Gasteiger partial charge in [-0.05, 0) is 30.0 Å². The molecular weight excluding hydrogens is 390 g/mol. The second-order valence-corrected chi connectivity index (χ2v) is 7.10. The molecule has 29 heavy (non-hydrogen) atoms. The summed E-state index contributed by atoms with van der Waals surface area (Å²) in [5, 5.41) is 12.2. The van der Waals surface area contributed by atoms with Crippen LogP contribution in [0, 0.1) is 11.7 Å². The number of carbonyl (C=O) groups excluding carboxylic acids is 1. The van der Waals surface area contributed by atoms with Crippen molar-refractivity contribution in [2.24, 2.45) is 5.92 Å². The first kappa shape index (κ1) is 22.7. The molecule has 0 heterocycles. The van der Waals surface area contributed by atoms with Crippen molar-refractivity contribution in [1.82, 2.24) is 5.32 Å². The molecular formula is C21H23F4NO3. The zero-order valence-corrected chi connectivity index (χ0v) is 16.3. The topological polar surface area (TPSA) is 58.6 Å². The Morgan fingerprint density at radius 3 is 2.31 bits per heavy atom. The first-order chi connectivity index (χ1) is 13.5. The van der Waals surface area contributed by atoms with Gasteiger partial charge in [0.05, 0.1) is 7.11 Å². The number of hydrogen-bond acceptors (Lipinski definition) is 4. The first-order valence-corrected chi connectivity index (χ1v) is 9.03. The van der Waals surface area contributed by atoms with E-state index in [9.17, 15) is 27.5 Å². The van der Waals surface area contributed by atoms with Crippen molar-refractivity contribution in [2.75, 3.05) is 7.11 Å². The van der Waals surface area contributed by atoms with Crippen molar-refractivity contribution in [3.63, 3.8) is 0 Å². The Morgan fingerprint density at radius 2 is 1.79 bits per heavy atom. The lowest BCUT2D eigenvalue weighted by Gasteiger charge is -2.27. The van der Waals surface area contributed by atoms with Gasteiger partial charge in [0.2, 0.25) is 0 Å². The number of aromatic hydroxyl groups is 1. The molecule has 0 fully saturated rings. The molecule has 0 bridgehead atoms. The number of nitrogens with one attached hydrogen (secondary N) is 1.